The second-order valence-electron chi connectivity index (χ2n) is 7.11. The summed E-state index contributed by atoms with van der Waals surface area (Å²) in [5, 5.41) is 2.88. The Kier molecular flexibility index (Phi) is 5.37. The molecule has 0 atom stereocenters. The Bertz CT molecular complexity index is 786. The zero-order valence-corrected chi connectivity index (χ0v) is 16.1. The lowest BCUT2D eigenvalue weighted by molar-refractivity contribution is -0.109. The van der Waals surface area contributed by atoms with Crippen LogP contribution in [0.5, 0.6) is 0 Å². The molecule has 1 aliphatic rings. The van der Waals surface area contributed by atoms with E-state index in [1.165, 1.54) is 40.9 Å². The molecule has 0 unspecified atom stereocenters. The van der Waals surface area contributed by atoms with Gasteiger partial charge in [0.05, 0.1) is 0 Å². The number of thioether (sulfide) groups is 1. The molecule has 0 radical (unpaired) electrons. The van der Waals surface area contributed by atoms with E-state index in [1.807, 2.05) is 38.1 Å². The van der Waals surface area contributed by atoms with Crippen LogP contribution < -0.4 is 5.32 Å². The smallest absolute Gasteiger partial charge is 0.407 e. The van der Waals surface area contributed by atoms with Gasteiger partial charge >= 0.3 is 6.09 Å². The van der Waals surface area contributed by atoms with Crippen molar-refractivity contribution in [2.45, 2.75) is 32.2 Å². The van der Waals surface area contributed by atoms with E-state index in [9.17, 15) is 9.59 Å². The number of hydrogen-bond acceptors (Lipinski definition) is 4. The van der Waals surface area contributed by atoms with E-state index in [0.717, 1.165) is 0 Å². The monoisotopic (exact) mass is 369 g/mol. The molecule has 0 aliphatic heterocycles. The summed E-state index contributed by atoms with van der Waals surface area (Å²) in [4.78, 5) is 23.4. The highest BCUT2D eigenvalue weighted by atomic mass is 32.2. The first kappa shape index (κ1) is 18.5. The minimum absolute atomic E-state index is 0.0346. The molecule has 1 N–H and O–H groups in total. The molecule has 0 fully saturated rings. The van der Waals surface area contributed by atoms with Crippen LogP contribution >= 0.6 is 11.8 Å². The fourth-order valence-electron chi connectivity index (χ4n) is 3.23. The van der Waals surface area contributed by atoms with Gasteiger partial charge in [0.25, 0.3) is 0 Å². The largest absolute Gasteiger partial charge is 0.449 e. The fourth-order valence-corrected chi connectivity index (χ4v) is 3.87. The van der Waals surface area contributed by atoms with E-state index in [0.29, 0.717) is 5.75 Å². The predicted molar refractivity (Wildman–Crippen MR) is 105 cm³/mol. The van der Waals surface area contributed by atoms with Gasteiger partial charge in [0.1, 0.15) is 6.61 Å². The summed E-state index contributed by atoms with van der Waals surface area (Å²) in [6, 6.07) is 16.5. The van der Waals surface area contributed by atoms with Gasteiger partial charge in [-0.2, -0.15) is 0 Å². The van der Waals surface area contributed by atoms with Crippen LogP contribution in [0.4, 0.5) is 4.79 Å². The second-order valence-corrected chi connectivity index (χ2v) is 8.27. The summed E-state index contributed by atoms with van der Waals surface area (Å²) in [6.45, 7) is 5.57. The molecule has 1 aliphatic carbocycles. The third-order valence-electron chi connectivity index (χ3n) is 4.42. The average molecular weight is 369 g/mol. The van der Waals surface area contributed by atoms with Crippen LogP contribution in [-0.2, 0) is 9.53 Å². The Morgan fingerprint density at radius 1 is 1.04 bits per heavy atom. The van der Waals surface area contributed by atoms with Crippen molar-refractivity contribution in [1.82, 2.24) is 5.32 Å². The van der Waals surface area contributed by atoms with Gasteiger partial charge in [-0.1, -0.05) is 60.3 Å². The summed E-state index contributed by atoms with van der Waals surface area (Å²) in [6.07, 6.45) is -0.457. The summed E-state index contributed by atoms with van der Waals surface area (Å²) in [7, 11) is 0. The number of carbonyl (C=O) groups is 2. The van der Waals surface area contributed by atoms with Gasteiger partial charge in [-0.05, 0) is 36.1 Å². The maximum Gasteiger partial charge on any atom is 0.407 e. The van der Waals surface area contributed by atoms with Crippen LogP contribution in [0.25, 0.3) is 11.1 Å². The SMILES string of the molecule is CC(=O)SCC(C)(C)NC(=O)OCC1c2ccccc2-c2ccccc21. The van der Waals surface area contributed by atoms with Crippen molar-refractivity contribution in [3.8, 4) is 11.1 Å². The van der Waals surface area contributed by atoms with Gasteiger partial charge in [0.15, 0.2) is 5.12 Å². The Balaban J connectivity index is 1.66. The number of amides is 1. The van der Waals surface area contributed by atoms with Crippen molar-refractivity contribution in [3.63, 3.8) is 0 Å². The average Bonchev–Trinajstić information content (AvgIpc) is 2.92. The van der Waals surface area contributed by atoms with Crippen LogP contribution in [0, 0.1) is 0 Å². The molecule has 0 saturated carbocycles. The van der Waals surface area contributed by atoms with E-state index in [1.54, 1.807) is 0 Å². The van der Waals surface area contributed by atoms with Crippen LogP contribution in [0.3, 0.4) is 0 Å². The molecule has 0 spiro atoms. The van der Waals surface area contributed by atoms with Gasteiger partial charge in [0.2, 0.25) is 0 Å². The molecular weight excluding hydrogens is 346 g/mol. The topological polar surface area (TPSA) is 55.4 Å². The zero-order chi connectivity index (χ0) is 18.7. The Morgan fingerprint density at radius 2 is 1.58 bits per heavy atom. The first-order valence-electron chi connectivity index (χ1n) is 8.64. The second kappa shape index (κ2) is 7.54. The summed E-state index contributed by atoms with van der Waals surface area (Å²) < 4.78 is 5.54. The maximum absolute atomic E-state index is 12.3. The van der Waals surface area contributed by atoms with Gasteiger partial charge in [-0.25, -0.2) is 4.79 Å². The molecule has 3 rings (SSSR count). The molecule has 2 aromatic rings. The maximum atomic E-state index is 12.3. The van der Waals surface area contributed by atoms with Crippen LogP contribution in [-0.4, -0.2) is 29.1 Å². The number of ether oxygens (including phenoxy) is 1. The Hall–Kier alpha value is -2.27. The minimum atomic E-state index is -0.515. The number of alkyl carbamates (subject to hydrolysis) is 1. The number of benzene rings is 2. The normalized spacial score (nSPS) is 13.0. The van der Waals surface area contributed by atoms with E-state index in [4.69, 9.17) is 4.74 Å². The van der Waals surface area contributed by atoms with Crippen molar-refractivity contribution in [1.29, 1.82) is 0 Å². The molecule has 0 aromatic heterocycles. The molecule has 5 heteroatoms. The highest BCUT2D eigenvalue weighted by Crippen LogP contribution is 2.44. The van der Waals surface area contributed by atoms with Crippen LogP contribution in [0.2, 0.25) is 0 Å². The van der Waals surface area contributed by atoms with E-state index in [2.05, 4.69) is 29.6 Å². The third-order valence-corrected chi connectivity index (χ3v) is 5.69. The number of hydrogen-bond donors (Lipinski definition) is 1. The van der Waals surface area contributed by atoms with Crippen molar-refractivity contribution in [2.75, 3.05) is 12.4 Å². The highest BCUT2D eigenvalue weighted by Gasteiger charge is 2.30. The molecule has 2 aromatic carbocycles. The molecule has 1 amide bonds. The Labute approximate surface area is 158 Å². The van der Waals surface area contributed by atoms with Crippen molar-refractivity contribution >= 4 is 23.0 Å². The quantitative estimate of drug-likeness (QED) is 0.838. The van der Waals surface area contributed by atoms with E-state index < -0.39 is 11.6 Å². The number of fused-ring (bicyclic) bond motifs is 3. The fraction of sp³-hybridized carbons (Fsp3) is 0.333. The first-order valence-corrected chi connectivity index (χ1v) is 9.62. The van der Waals surface area contributed by atoms with Gasteiger partial charge in [-0.3, -0.25) is 4.79 Å². The standard InChI is InChI=1S/C21H23NO3S/c1-14(23)26-13-21(2,3)22-20(24)25-12-19-17-10-6-4-8-15(17)16-9-5-7-11-18(16)19/h4-11,19H,12-13H2,1-3H3,(H,22,24). The van der Waals surface area contributed by atoms with Crippen molar-refractivity contribution < 1.29 is 14.3 Å². The molecule has 0 heterocycles. The lowest BCUT2D eigenvalue weighted by Crippen LogP contribution is -2.46. The summed E-state index contributed by atoms with van der Waals surface area (Å²) in [5.41, 5.74) is 4.27. The first-order chi connectivity index (χ1) is 12.4. The molecule has 0 bridgehead atoms. The zero-order valence-electron chi connectivity index (χ0n) is 15.2. The molecular formula is C21H23NO3S. The van der Waals surface area contributed by atoms with Crippen LogP contribution in [0.15, 0.2) is 48.5 Å². The van der Waals surface area contributed by atoms with Crippen molar-refractivity contribution in [2.24, 2.45) is 0 Å². The van der Waals surface area contributed by atoms with Gasteiger partial charge < -0.3 is 10.1 Å². The molecule has 4 nitrogen and oxygen atoms in total. The summed E-state index contributed by atoms with van der Waals surface area (Å²) >= 11 is 1.20. The number of rotatable bonds is 5. The van der Waals surface area contributed by atoms with Crippen molar-refractivity contribution in [3.05, 3.63) is 59.7 Å². The van der Waals surface area contributed by atoms with Gasteiger partial charge in [0, 0.05) is 24.1 Å². The lowest BCUT2D eigenvalue weighted by Gasteiger charge is -2.25. The molecule has 0 saturated heterocycles. The van der Waals surface area contributed by atoms with E-state index in [-0.39, 0.29) is 17.6 Å². The van der Waals surface area contributed by atoms with E-state index >= 15 is 0 Å². The van der Waals surface area contributed by atoms with Gasteiger partial charge in [-0.15, -0.1) is 0 Å². The Morgan fingerprint density at radius 3 is 2.12 bits per heavy atom. The number of carbonyl (C=O) groups excluding carboxylic acids is 2. The predicted octanol–water partition coefficient (Wildman–Crippen LogP) is 4.58. The summed E-state index contributed by atoms with van der Waals surface area (Å²) in [5.74, 6) is 0.551. The van der Waals surface area contributed by atoms with Crippen LogP contribution in [0.1, 0.15) is 37.8 Å². The highest BCUT2D eigenvalue weighted by molar-refractivity contribution is 8.13. The number of nitrogens with one attached hydrogen (secondary N) is 1. The molecule has 136 valence electrons. The third kappa shape index (κ3) is 4.10. The molecule has 26 heavy (non-hydrogen) atoms. The lowest BCUT2D eigenvalue weighted by atomic mass is 9.98. The minimum Gasteiger partial charge on any atom is -0.449 e.